The molecular formula is C5H11BaO10P. The molecule has 1 unspecified atom stereocenters. The fourth-order valence-corrected chi connectivity index (χ4v) is 0. The summed E-state index contributed by atoms with van der Waals surface area (Å²) < 4.78 is 0. The van der Waals surface area contributed by atoms with E-state index in [1.807, 2.05) is 0 Å². The van der Waals surface area contributed by atoms with Crippen molar-refractivity contribution in [3.63, 3.8) is 0 Å². The summed E-state index contributed by atoms with van der Waals surface area (Å²) in [6.07, 6.45) is 0. The van der Waals surface area contributed by atoms with E-state index in [1.165, 1.54) is 0 Å². The maximum atomic E-state index is 8.36. The first-order valence-corrected chi connectivity index (χ1v) is 2.42. The van der Waals surface area contributed by atoms with Crippen molar-refractivity contribution >= 4 is 91.1 Å². The Kier molecular flexibility index (Phi) is 433. The Hall–Kier alpha value is -0.649. The molecule has 0 rings (SSSR count). The van der Waals surface area contributed by atoms with Gasteiger partial charge in [0.2, 0.25) is 0 Å². The van der Waals surface area contributed by atoms with E-state index in [9.17, 15) is 0 Å². The zero-order valence-corrected chi connectivity index (χ0v) is 14.4. The second-order valence-electron chi connectivity index (χ2n) is 0.509. The van der Waals surface area contributed by atoms with E-state index in [1.54, 1.807) is 0 Å². The molecule has 1 atom stereocenters. The molecule has 0 fully saturated rings. The van der Waals surface area contributed by atoms with E-state index in [-0.39, 0.29) is 78.2 Å². The van der Waals surface area contributed by atoms with Crippen LogP contribution in [0.3, 0.4) is 0 Å². The molecule has 12 heteroatoms. The van der Waals surface area contributed by atoms with Gasteiger partial charge in [-0.25, -0.2) is 0 Å². The van der Waals surface area contributed by atoms with Crippen LogP contribution >= 0.6 is 9.90 Å². The van der Waals surface area contributed by atoms with Gasteiger partial charge in [0, 0.05) is 12.9 Å². The number of carbonyl (C=O) groups excluding carboxylic acids is 2. The summed E-state index contributed by atoms with van der Waals surface area (Å²) in [5.74, 6) is 0. The molecule has 0 heterocycles. The monoisotopic (exact) mass is 400 g/mol. The number of carbonyl (C=O) groups is 5. The van der Waals surface area contributed by atoms with Gasteiger partial charge >= 0.3 is 48.9 Å². The minimum absolute atomic E-state index is 0. The molecule has 0 spiro atoms. The van der Waals surface area contributed by atoms with Crippen LogP contribution in [0.25, 0.3) is 0 Å². The minimum atomic E-state index is -0.500. The maximum Gasteiger partial charge on any atom is 2.00 e. The van der Waals surface area contributed by atoms with Crippen molar-refractivity contribution in [2.24, 2.45) is 0 Å². The second kappa shape index (κ2) is 167. The normalized spacial score (nSPS) is 3.53. The number of carboxylic acid groups (broad SMARTS) is 5. The van der Waals surface area contributed by atoms with Crippen molar-refractivity contribution in [1.82, 2.24) is 0 Å². The Labute approximate surface area is 139 Å². The van der Waals surface area contributed by atoms with Crippen LogP contribution in [0.4, 0.5) is 0 Å². The van der Waals surface area contributed by atoms with E-state index >= 15 is 0 Å². The Morgan fingerprint density at radius 2 is 0.647 bits per heavy atom. The third-order valence-electron chi connectivity index (χ3n) is 0. The average Bonchev–Trinajstić information content (AvgIpc) is 2.09. The molecule has 0 saturated carbocycles. The van der Waals surface area contributed by atoms with Gasteiger partial charge in [-0.15, -0.1) is 0 Å². The quantitative estimate of drug-likeness (QED) is 0.203. The Balaban J connectivity index is -0.0000000143. The van der Waals surface area contributed by atoms with Crippen LogP contribution in [0, 0.1) is 0 Å². The zero-order chi connectivity index (χ0) is 13.5. The van der Waals surface area contributed by atoms with Crippen LogP contribution in [-0.4, -0.2) is 96.6 Å². The molecule has 0 saturated heterocycles. The molecule has 0 aliphatic rings. The van der Waals surface area contributed by atoms with E-state index in [0.717, 1.165) is 0 Å². The molecule has 98 valence electrons. The van der Waals surface area contributed by atoms with Gasteiger partial charge < -0.3 is 35.1 Å². The molecule has 0 radical (unpaired) electrons. The minimum Gasteiger partial charge on any atom is -0.554 e. The van der Waals surface area contributed by atoms with Crippen LogP contribution in [-0.2, 0) is 24.0 Å². The molecule has 0 aliphatic heterocycles. The molecule has 3 N–H and O–H groups in total. The molecule has 0 aromatic carbocycles. The van der Waals surface area contributed by atoms with Gasteiger partial charge in [0.1, 0.15) is 0 Å². The summed E-state index contributed by atoms with van der Waals surface area (Å²) in [7, 11) is 0. The molecule has 0 aromatic rings. The predicted octanol–water partition coefficient (Wildman–Crippen LogP) is -4.49. The summed E-state index contributed by atoms with van der Waals surface area (Å²) >= 11 is 0. The van der Waals surface area contributed by atoms with Gasteiger partial charge in [-0.3, -0.25) is 14.4 Å². The number of hydrogen-bond acceptors (Lipinski definition) is 7. The maximum absolute atomic E-state index is 8.36. The van der Waals surface area contributed by atoms with Crippen molar-refractivity contribution in [1.29, 1.82) is 0 Å². The first-order valence-electron chi connectivity index (χ1n) is 2.42. The third kappa shape index (κ3) is 6510. The summed E-state index contributed by atoms with van der Waals surface area (Å²) in [5, 5.41) is 37.2. The standard InChI is InChI=1S/5CH2O2.Ba.H3P/c5*2-1-3;;/h5*1H,(H,2,3);;1H3/q;;;;;+2;/p-2. The third-order valence-corrected chi connectivity index (χ3v) is 0. The van der Waals surface area contributed by atoms with Crippen molar-refractivity contribution in [3.8, 4) is 0 Å². The van der Waals surface area contributed by atoms with Crippen LogP contribution in [0.5, 0.6) is 0 Å². The van der Waals surface area contributed by atoms with Crippen molar-refractivity contribution < 1.29 is 49.5 Å². The molecule has 17 heavy (non-hydrogen) atoms. The fraction of sp³-hybridized carbons (Fsp3) is 0. The first-order chi connectivity index (χ1) is 7.07. The summed E-state index contributed by atoms with van der Waals surface area (Å²) in [5.41, 5.74) is 0. The van der Waals surface area contributed by atoms with Crippen LogP contribution < -0.4 is 10.2 Å². The van der Waals surface area contributed by atoms with Crippen molar-refractivity contribution in [2.75, 3.05) is 0 Å². The summed E-state index contributed by atoms with van der Waals surface area (Å²) in [4.78, 5) is 41.6. The largest absolute Gasteiger partial charge is 2.00 e. The van der Waals surface area contributed by atoms with Crippen LogP contribution in [0.1, 0.15) is 0 Å². The average molecular weight is 399 g/mol. The smallest absolute Gasteiger partial charge is 0.554 e. The topological polar surface area (TPSA) is 192 Å². The molecule has 10 nitrogen and oxygen atoms in total. The van der Waals surface area contributed by atoms with Gasteiger partial charge in [0.05, 0.1) is 0 Å². The SMILES string of the molecule is O=CO.O=CO.O=CO.O=C[O-].O=C[O-].P.[Ba+2]. The van der Waals surface area contributed by atoms with Gasteiger partial charge in [-0.05, 0) is 0 Å². The Bertz CT molecular complexity index is 97.0. The van der Waals surface area contributed by atoms with Gasteiger partial charge in [0.15, 0.2) is 0 Å². The Morgan fingerprint density at radius 1 is 0.647 bits per heavy atom. The van der Waals surface area contributed by atoms with Gasteiger partial charge in [-0.1, -0.05) is 0 Å². The summed E-state index contributed by atoms with van der Waals surface area (Å²) in [6.45, 7) is -1.75. The number of hydrogen-bond donors (Lipinski definition) is 3. The fourth-order valence-electron chi connectivity index (χ4n) is 0. The molecule has 0 aliphatic carbocycles. The van der Waals surface area contributed by atoms with E-state index in [2.05, 4.69) is 0 Å². The van der Waals surface area contributed by atoms with E-state index < -0.39 is 12.9 Å². The number of rotatable bonds is 0. The Morgan fingerprint density at radius 3 is 0.647 bits per heavy atom. The first kappa shape index (κ1) is 44.1. The van der Waals surface area contributed by atoms with E-state index in [4.69, 9.17) is 49.5 Å². The van der Waals surface area contributed by atoms with Crippen molar-refractivity contribution in [3.05, 3.63) is 0 Å². The van der Waals surface area contributed by atoms with E-state index in [0.29, 0.717) is 0 Å². The predicted molar refractivity (Wildman–Crippen MR) is 55.1 cm³/mol. The zero-order valence-electron chi connectivity index (χ0n) is 8.50. The van der Waals surface area contributed by atoms with Crippen LogP contribution in [0.15, 0.2) is 0 Å². The van der Waals surface area contributed by atoms with Gasteiger partial charge in [-0.2, -0.15) is 9.90 Å². The summed E-state index contributed by atoms with van der Waals surface area (Å²) in [6, 6.07) is 0. The van der Waals surface area contributed by atoms with Crippen molar-refractivity contribution in [2.45, 2.75) is 0 Å². The molecule has 0 amide bonds. The molecular weight excluding hydrogens is 388 g/mol. The molecule has 0 bridgehead atoms. The van der Waals surface area contributed by atoms with Gasteiger partial charge in [0.25, 0.3) is 19.4 Å². The molecule has 0 aromatic heterocycles. The second-order valence-corrected chi connectivity index (χ2v) is 0.509. The van der Waals surface area contributed by atoms with Crippen LogP contribution in [0.2, 0.25) is 0 Å².